The maximum atomic E-state index is 12.4. The molecule has 0 spiro atoms. The predicted molar refractivity (Wildman–Crippen MR) is 82.7 cm³/mol. The number of thiazole rings is 1. The zero-order valence-corrected chi connectivity index (χ0v) is 13.0. The predicted octanol–water partition coefficient (Wildman–Crippen LogP) is 2.65. The van der Waals surface area contributed by atoms with Gasteiger partial charge in [-0.25, -0.2) is 9.97 Å². The van der Waals surface area contributed by atoms with Crippen molar-refractivity contribution < 1.29 is 4.79 Å². The first-order chi connectivity index (χ1) is 10.1. The molecule has 0 aliphatic rings. The topological polar surface area (TPSA) is 59.3 Å². The average Bonchev–Trinajstić information content (AvgIpc) is 2.94. The maximum absolute atomic E-state index is 12.4. The molecule has 0 fully saturated rings. The Bertz CT molecular complexity index is 818. The van der Waals surface area contributed by atoms with Crippen LogP contribution >= 0.6 is 11.3 Å². The number of aromatic nitrogens is 3. The Balaban J connectivity index is 1.84. The molecule has 108 valence electrons. The summed E-state index contributed by atoms with van der Waals surface area (Å²) in [6, 6.07) is 5.69. The van der Waals surface area contributed by atoms with E-state index in [1.807, 2.05) is 49.6 Å². The molecule has 3 rings (SSSR count). The molecule has 0 aromatic carbocycles. The molecular formula is C15H16N4OS. The number of hydrogen-bond acceptors (Lipinski definition) is 4. The molecule has 3 aromatic heterocycles. The minimum atomic E-state index is -0.114. The van der Waals surface area contributed by atoms with Crippen molar-refractivity contribution >= 4 is 22.9 Å². The zero-order valence-electron chi connectivity index (χ0n) is 12.2. The highest BCUT2D eigenvalue weighted by Gasteiger charge is 2.16. The number of imidazole rings is 1. The van der Waals surface area contributed by atoms with Gasteiger partial charge >= 0.3 is 0 Å². The summed E-state index contributed by atoms with van der Waals surface area (Å²) in [7, 11) is 0. The molecule has 0 bridgehead atoms. The van der Waals surface area contributed by atoms with E-state index >= 15 is 0 Å². The lowest BCUT2D eigenvalue weighted by molar-refractivity contribution is 0.0944. The van der Waals surface area contributed by atoms with Crippen LogP contribution in [0.25, 0.3) is 5.65 Å². The molecular weight excluding hydrogens is 284 g/mol. The van der Waals surface area contributed by atoms with Crippen molar-refractivity contribution in [2.45, 2.75) is 27.3 Å². The third-order valence-corrected chi connectivity index (χ3v) is 4.40. The summed E-state index contributed by atoms with van der Waals surface area (Å²) in [5.41, 5.74) is 3.08. The van der Waals surface area contributed by atoms with Gasteiger partial charge in [-0.3, -0.25) is 9.20 Å². The summed E-state index contributed by atoms with van der Waals surface area (Å²) in [6.07, 6.45) is 1.85. The molecule has 0 saturated heterocycles. The normalized spacial score (nSPS) is 11.0. The second-order valence-corrected chi connectivity index (χ2v) is 6.19. The van der Waals surface area contributed by atoms with E-state index < -0.39 is 0 Å². The standard InChI is InChI=1S/C15H16N4OS/c1-9-12(21-11(3)17-9)8-16-15(20)14-10(2)18-13-6-4-5-7-19(13)14/h4-7H,8H2,1-3H3,(H,16,20). The summed E-state index contributed by atoms with van der Waals surface area (Å²) in [4.78, 5) is 22.3. The molecule has 0 saturated carbocycles. The Hall–Kier alpha value is -2.21. The van der Waals surface area contributed by atoms with Gasteiger partial charge in [0.25, 0.3) is 5.91 Å². The van der Waals surface area contributed by atoms with Crippen LogP contribution in [0.4, 0.5) is 0 Å². The van der Waals surface area contributed by atoms with Crippen LogP contribution in [0.2, 0.25) is 0 Å². The van der Waals surface area contributed by atoms with E-state index in [9.17, 15) is 4.79 Å². The van der Waals surface area contributed by atoms with Gasteiger partial charge < -0.3 is 5.32 Å². The first-order valence-electron chi connectivity index (χ1n) is 6.71. The molecule has 0 unspecified atom stereocenters. The van der Waals surface area contributed by atoms with E-state index in [4.69, 9.17) is 0 Å². The molecule has 3 heterocycles. The van der Waals surface area contributed by atoms with Gasteiger partial charge in [0.1, 0.15) is 11.3 Å². The van der Waals surface area contributed by atoms with Crippen LogP contribution in [0.5, 0.6) is 0 Å². The van der Waals surface area contributed by atoms with Gasteiger partial charge in [0.15, 0.2) is 0 Å². The summed E-state index contributed by atoms with van der Waals surface area (Å²) in [5, 5.41) is 3.98. The third kappa shape index (κ3) is 2.54. The first kappa shape index (κ1) is 13.8. The number of hydrogen-bond donors (Lipinski definition) is 1. The van der Waals surface area contributed by atoms with Crippen LogP contribution in [0.3, 0.4) is 0 Å². The zero-order chi connectivity index (χ0) is 15.0. The largest absolute Gasteiger partial charge is 0.346 e. The highest BCUT2D eigenvalue weighted by Crippen LogP contribution is 2.17. The number of amides is 1. The molecule has 1 N–H and O–H groups in total. The number of aryl methyl sites for hydroxylation is 3. The highest BCUT2D eigenvalue weighted by atomic mass is 32.1. The second-order valence-electron chi connectivity index (χ2n) is 4.90. The van der Waals surface area contributed by atoms with Crippen molar-refractivity contribution in [3.05, 3.63) is 51.4 Å². The number of pyridine rings is 1. The van der Waals surface area contributed by atoms with E-state index in [0.717, 1.165) is 26.9 Å². The van der Waals surface area contributed by atoms with Crippen LogP contribution in [0, 0.1) is 20.8 Å². The minimum Gasteiger partial charge on any atom is -0.346 e. The lowest BCUT2D eigenvalue weighted by Crippen LogP contribution is -2.24. The van der Waals surface area contributed by atoms with Gasteiger partial charge in [-0.15, -0.1) is 11.3 Å². The Labute approximate surface area is 126 Å². The van der Waals surface area contributed by atoms with E-state index in [1.54, 1.807) is 11.3 Å². The van der Waals surface area contributed by atoms with E-state index in [2.05, 4.69) is 15.3 Å². The molecule has 1 amide bonds. The van der Waals surface area contributed by atoms with Crippen LogP contribution in [-0.4, -0.2) is 20.3 Å². The van der Waals surface area contributed by atoms with Crippen molar-refractivity contribution in [3.63, 3.8) is 0 Å². The number of rotatable bonds is 3. The van der Waals surface area contributed by atoms with Crippen molar-refractivity contribution in [2.24, 2.45) is 0 Å². The van der Waals surface area contributed by atoms with Crippen LogP contribution in [0.15, 0.2) is 24.4 Å². The maximum Gasteiger partial charge on any atom is 0.270 e. The summed E-state index contributed by atoms with van der Waals surface area (Å²) in [5.74, 6) is -0.114. The molecule has 6 heteroatoms. The summed E-state index contributed by atoms with van der Waals surface area (Å²) < 4.78 is 1.81. The van der Waals surface area contributed by atoms with E-state index in [-0.39, 0.29) is 5.91 Å². The van der Waals surface area contributed by atoms with Gasteiger partial charge in [0, 0.05) is 11.1 Å². The van der Waals surface area contributed by atoms with Crippen LogP contribution < -0.4 is 5.32 Å². The minimum absolute atomic E-state index is 0.114. The molecule has 0 aliphatic heterocycles. The average molecular weight is 300 g/mol. The van der Waals surface area contributed by atoms with Crippen LogP contribution in [0.1, 0.15) is 31.8 Å². The molecule has 0 radical (unpaired) electrons. The van der Waals surface area contributed by atoms with Crippen molar-refractivity contribution in [3.8, 4) is 0 Å². The van der Waals surface area contributed by atoms with E-state index in [0.29, 0.717) is 12.2 Å². The fourth-order valence-electron chi connectivity index (χ4n) is 2.37. The quantitative estimate of drug-likeness (QED) is 0.809. The fourth-order valence-corrected chi connectivity index (χ4v) is 3.25. The molecule has 0 atom stereocenters. The molecule has 0 aliphatic carbocycles. The van der Waals surface area contributed by atoms with E-state index in [1.165, 1.54) is 0 Å². The Kier molecular flexibility index (Phi) is 3.47. The molecule has 5 nitrogen and oxygen atoms in total. The Morgan fingerprint density at radius 1 is 1.24 bits per heavy atom. The molecule has 21 heavy (non-hydrogen) atoms. The molecule has 3 aromatic rings. The van der Waals surface area contributed by atoms with Gasteiger partial charge in [0.2, 0.25) is 0 Å². The van der Waals surface area contributed by atoms with Crippen molar-refractivity contribution in [2.75, 3.05) is 0 Å². The Morgan fingerprint density at radius 3 is 2.76 bits per heavy atom. The van der Waals surface area contributed by atoms with Crippen molar-refractivity contribution in [1.82, 2.24) is 19.7 Å². The monoisotopic (exact) mass is 300 g/mol. The lowest BCUT2D eigenvalue weighted by Gasteiger charge is -2.05. The smallest absolute Gasteiger partial charge is 0.270 e. The van der Waals surface area contributed by atoms with Crippen LogP contribution in [-0.2, 0) is 6.54 Å². The summed E-state index contributed by atoms with van der Waals surface area (Å²) in [6.45, 7) is 6.28. The third-order valence-electron chi connectivity index (χ3n) is 3.33. The SMILES string of the molecule is Cc1nc(C)c(CNC(=O)c2c(C)nc3ccccn23)s1. The fraction of sp³-hybridized carbons (Fsp3) is 0.267. The summed E-state index contributed by atoms with van der Waals surface area (Å²) >= 11 is 1.61. The number of nitrogens with one attached hydrogen (secondary N) is 1. The second kappa shape index (κ2) is 5.29. The Morgan fingerprint density at radius 2 is 2.05 bits per heavy atom. The highest BCUT2D eigenvalue weighted by molar-refractivity contribution is 7.11. The number of nitrogens with zero attached hydrogens (tertiary/aromatic N) is 3. The number of fused-ring (bicyclic) bond motifs is 1. The number of carbonyl (C=O) groups excluding carboxylic acids is 1. The van der Waals surface area contributed by atoms with Crippen molar-refractivity contribution in [1.29, 1.82) is 0 Å². The van der Waals surface area contributed by atoms with Gasteiger partial charge in [-0.2, -0.15) is 0 Å². The lowest BCUT2D eigenvalue weighted by atomic mass is 10.3. The number of carbonyl (C=O) groups is 1. The van der Waals surface area contributed by atoms with Gasteiger partial charge in [-0.05, 0) is 32.9 Å². The van der Waals surface area contributed by atoms with Gasteiger partial charge in [-0.1, -0.05) is 6.07 Å². The first-order valence-corrected chi connectivity index (χ1v) is 7.52. The van der Waals surface area contributed by atoms with Gasteiger partial charge in [0.05, 0.1) is 22.9 Å².